The predicted molar refractivity (Wildman–Crippen MR) is 117 cm³/mol. The number of imidazole rings is 2. The second-order valence-electron chi connectivity index (χ2n) is 6.83. The van der Waals surface area contributed by atoms with Gasteiger partial charge in [-0.25, -0.2) is 14.8 Å². The highest BCUT2D eigenvalue weighted by atomic mass is 19.5. The molecule has 0 radical (unpaired) electrons. The maximum Gasteiger partial charge on any atom is 0.673 e. The minimum absolute atomic E-state index is 0.190. The smallest absolute Gasteiger partial charge is 0.418 e. The van der Waals surface area contributed by atoms with Crippen molar-refractivity contribution in [1.82, 2.24) is 44.1 Å². The van der Waals surface area contributed by atoms with E-state index in [1.54, 1.807) is 24.8 Å². The molecule has 16 heteroatoms. The van der Waals surface area contributed by atoms with Gasteiger partial charge in [-0.2, -0.15) is 0 Å². The number of hydrogen-bond donors (Lipinski definition) is 0. The second kappa shape index (κ2) is 11.6. The number of fused-ring (bicyclic) bond motifs is 1. The van der Waals surface area contributed by atoms with Crippen molar-refractivity contribution in [2.75, 3.05) is 28.2 Å². The van der Waals surface area contributed by atoms with Gasteiger partial charge in [0.25, 0.3) is 0 Å². The van der Waals surface area contributed by atoms with Gasteiger partial charge < -0.3 is 17.3 Å². The molecule has 0 N–H and O–H groups in total. The second-order valence-corrected chi connectivity index (χ2v) is 6.83. The summed E-state index contributed by atoms with van der Waals surface area (Å²) in [7, 11) is 1.64. The maximum atomic E-state index is 11.4. The third-order valence-corrected chi connectivity index (χ3v) is 3.71. The Morgan fingerprint density at radius 2 is 1.41 bits per heavy atom. The Kier molecular flexibility index (Phi) is 8.86. The van der Waals surface area contributed by atoms with Crippen LogP contribution >= 0.6 is 0 Å². The number of nitrogens with zero attached hydrogens (tertiary/aromatic N) is 9. The Morgan fingerprint density at radius 1 is 0.912 bits per heavy atom. The molecule has 0 bridgehead atoms. The van der Waals surface area contributed by atoms with Gasteiger partial charge in [0, 0.05) is 58.2 Å². The molecule has 0 unspecified atom stereocenters. The van der Waals surface area contributed by atoms with E-state index in [0.717, 1.165) is 11.0 Å². The van der Waals surface area contributed by atoms with E-state index >= 15 is 0 Å². The number of carbonyl (C=O) groups excluding carboxylic acids is 2. The fraction of sp³-hybridized carbons (Fsp3) is 0.222. The van der Waals surface area contributed by atoms with Crippen LogP contribution in [0.5, 0.6) is 0 Å². The quantitative estimate of drug-likeness (QED) is 0.236. The number of urea groups is 1. The van der Waals surface area contributed by atoms with Gasteiger partial charge >= 0.3 is 19.3 Å². The summed E-state index contributed by atoms with van der Waals surface area (Å²) in [6.07, 6.45) is 9.17. The van der Waals surface area contributed by atoms with Crippen LogP contribution in [0, 0.1) is 0 Å². The lowest BCUT2D eigenvalue weighted by atomic mass is 10.3. The summed E-state index contributed by atoms with van der Waals surface area (Å²) in [5, 5.41) is 8.00. The van der Waals surface area contributed by atoms with E-state index in [9.17, 15) is 22.1 Å². The molecule has 0 aliphatic rings. The summed E-state index contributed by atoms with van der Waals surface area (Å²) < 4.78 is 47.5. The Hall–Kier alpha value is -4.24. The van der Waals surface area contributed by atoms with Gasteiger partial charge in [-0.15, -0.1) is 5.10 Å². The highest BCUT2D eigenvalue weighted by molar-refractivity contribution is 6.50. The minimum atomic E-state index is -6.00. The van der Waals surface area contributed by atoms with Crippen LogP contribution in [0.15, 0.2) is 61.7 Å². The van der Waals surface area contributed by atoms with Gasteiger partial charge in [-0.3, -0.25) is 18.9 Å². The van der Waals surface area contributed by atoms with Crippen molar-refractivity contribution in [3.8, 4) is 0 Å². The van der Waals surface area contributed by atoms with E-state index in [1.165, 1.54) is 26.6 Å². The molecule has 0 aliphatic heterocycles. The summed E-state index contributed by atoms with van der Waals surface area (Å²) in [5.74, 6) is 0. The standard InChI is InChI=1S/C11H16N5O.C7H6N4O.BF4/c1-14(2)11(15(3)4)17-16-10-8-6-5-7-9(10)12-13-16;12-7(10-3-1-8-5-10)11-4-2-9-6-11;2-1(3,4)5/h5-8H,1-4H3;1-6H;/q+1;;-1. The number of carbonyl (C=O) groups is 1. The number of benzene rings is 1. The molecule has 3 aromatic heterocycles. The van der Waals surface area contributed by atoms with Crippen LogP contribution in [-0.2, 0) is 0 Å². The van der Waals surface area contributed by atoms with Crippen LogP contribution in [0.25, 0.3) is 11.0 Å². The number of amides is 2. The third kappa shape index (κ3) is 8.03. The van der Waals surface area contributed by atoms with E-state index < -0.39 is 7.25 Å². The Bertz CT molecular complexity index is 1140. The summed E-state index contributed by atoms with van der Waals surface area (Å²) in [4.78, 5) is 24.1. The van der Waals surface area contributed by atoms with Crippen molar-refractivity contribution in [3.63, 3.8) is 0 Å². The molecule has 0 aliphatic carbocycles. The Labute approximate surface area is 191 Å². The van der Waals surface area contributed by atoms with E-state index in [0.29, 0.717) is 6.03 Å². The largest absolute Gasteiger partial charge is 0.673 e. The van der Waals surface area contributed by atoms with Gasteiger partial charge in [0.1, 0.15) is 23.0 Å². The van der Waals surface area contributed by atoms with Crippen LogP contribution in [0.3, 0.4) is 0 Å². The lowest BCUT2D eigenvalue weighted by Gasteiger charge is -2.10. The van der Waals surface area contributed by atoms with E-state index in [4.69, 9.17) is 4.53 Å². The summed E-state index contributed by atoms with van der Waals surface area (Å²) in [6.45, 7) is 0. The van der Waals surface area contributed by atoms with E-state index in [-0.39, 0.29) is 6.03 Å². The van der Waals surface area contributed by atoms with Gasteiger partial charge in [0.05, 0.1) is 0 Å². The lowest BCUT2D eigenvalue weighted by Crippen LogP contribution is -2.35. The van der Waals surface area contributed by atoms with Crippen LogP contribution in [0.4, 0.5) is 26.6 Å². The molecule has 4 aromatic rings. The average molecular weight is 483 g/mol. The molecule has 182 valence electrons. The average Bonchev–Trinajstić information content (AvgIpc) is 3.53. The van der Waals surface area contributed by atoms with Gasteiger partial charge in [-0.05, 0) is 16.7 Å². The molecule has 34 heavy (non-hydrogen) atoms. The first-order valence-electron chi connectivity index (χ1n) is 9.55. The molecule has 0 saturated carbocycles. The molecule has 1 aromatic carbocycles. The fourth-order valence-electron chi connectivity index (χ4n) is 2.43. The van der Waals surface area contributed by atoms with Crippen LogP contribution in [0.1, 0.15) is 0 Å². The van der Waals surface area contributed by atoms with Gasteiger partial charge in [-0.1, -0.05) is 12.1 Å². The molecule has 0 saturated heterocycles. The zero-order valence-corrected chi connectivity index (χ0v) is 18.7. The van der Waals surface area contributed by atoms with Crippen LogP contribution < -0.4 is 0 Å². The van der Waals surface area contributed by atoms with Crippen molar-refractivity contribution < 1.29 is 26.6 Å². The SMILES string of the molecule is CN(C)C(=[O+]n1nnc2ccccc21)N(C)C.F[B-](F)(F)F.O=C(n1ccnc1)n1ccnc1. The topological polar surface area (TPSA) is 101 Å². The van der Waals surface area contributed by atoms with Crippen molar-refractivity contribution in [2.45, 2.75) is 0 Å². The van der Waals surface area contributed by atoms with Crippen molar-refractivity contribution >= 4 is 30.4 Å². The third-order valence-electron chi connectivity index (χ3n) is 3.71. The minimum Gasteiger partial charge on any atom is -0.418 e. The molecule has 0 spiro atoms. The van der Waals surface area contributed by atoms with Crippen LogP contribution in [0.2, 0.25) is 0 Å². The first-order chi connectivity index (χ1) is 16.0. The zero-order valence-electron chi connectivity index (χ0n) is 18.7. The summed E-state index contributed by atoms with van der Waals surface area (Å²) in [5.41, 5.74) is 1.65. The molecule has 11 nitrogen and oxygen atoms in total. The highest BCUT2D eigenvalue weighted by Gasteiger charge is 2.22. The fourth-order valence-corrected chi connectivity index (χ4v) is 2.43. The summed E-state index contributed by atoms with van der Waals surface area (Å²) >= 11 is 0. The molecular weight excluding hydrogens is 461 g/mol. The van der Waals surface area contributed by atoms with Crippen molar-refractivity contribution in [2.24, 2.45) is 0 Å². The first kappa shape index (κ1) is 26.0. The summed E-state index contributed by atoms with van der Waals surface area (Å²) in [6, 6.07) is 8.15. The van der Waals surface area contributed by atoms with Crippen molar-refractivity contribution in [3.05, 3.63) is 61.7 Å². The highest BCUT2D eigenvalue weighted by Crippen LogP contribution is 2.11. The number of aromatic nitrogens is 7. The van der Waals surface area contributed by atoms with Gasteiger partial charge in [0.2, 0.25) is 0 Å². The number of halogens is 4. The van der Waals surface area contributed by atoms with Crippen molar-refractivity contribution in [1.29, 1.82) is 0 Å². The van der Waals surface area contributed by atoms with Crippen LogP contribution in [-0.4, -0.2) is 91.6 Å². The monoisotopic (exact) mass is 483 g/mol. The molecule has 0 fully saturated rings. The predicted octanol–water partition coefficient (Wildman–Crippen LogP) is 2.87. The maximum absolute atomic E-state index is 11.4. The normalized spacial score (nSPS) is 10.5. The van der Waals surface area contributed by atoms with E-state index in [2.05, 4.69) is 20.3 Å². The zero-order chi connectivity index (χ0) is 25.3. The molecular formula is C18H22BF4N9O2. The Morgan fingerprint density at radius 3 is 1.85 bits per heavy atom. The molecule has 4 rings (SSSR count). The molecule has 3 heterocycles. The molecule has 0 atom stereocenters. The molecule has 2 amide bonds. The van der Waals surface area contributed by atoms with Gasteiger partial charge in [0.15, 0.2) is 5.52 Å². The van der Waals surface area contributed by atoms with E-state index in [1.807, 2.05) is 62.3 Å². The number of para-hydroxylation sites is 1. The number of rotatable bonds is 1. The first-order valence-corrected chi connectivity index (χ1v) is 9.55. The lowest BCUT2D eigenvalue weighted by molar-refractivity contribution is -0.244. The number of hydrogen-bond acceptors (Lipinski definition) is 5. The Balaban J connectivity index is 0.000000209.